The molecule has 0 aliphatic carbocycles. The van der Waals surface area contributed by atoms with Crippen molar-refractivity contribution < 1.29 is 23.2 Å². The van der Waals surface area contributed by atoms with Gasteiger partial charge in [-0.05, 0) is 6.40 Å². The number of hydrogen-bond donors (Lipinski definition) is 4. The molecule has 0 rings (SSSR count). The highest BCUT2D eigenvalue weighted by Gasteiger charge is 2.13. The van der Waals surface area contributed by atoms with Crippen molar-refractivity contribution in [3.63, 3.8) is 0 Å². The molecule has 56 valence electrons. The molecule has 9 heavy (non-hydrogen) atoms. The van der Waals surface area contributed by atoms with Crippen LogP contribution in [0.2, 0.25) is 0 Å². The Morgan fingerprint density at radius 1 is 1.22 bits per heavy atom. The van der Waals surface area contributed by atoms with Crippen LogP contribution in [0.1, 0.15) is 9.14 Å². The van der Waals surface area contributed by atoms with Gasteiger partial charge in [0.05, 0.1) is 14.1 Å². The van der Waals surface area contributed by atoms with E-state index in [1.165, 1.54) is 0 Å². The highest BCUT2D eigenvalue weighted by Crippen LogP contribution is 1.95. The van der Waals surface area contributed by atoms with Crippen LogP contribution in [0.3, 0.4) is 0 Å². The second kappa shape index (κ2) is 4.69. The SMILES string of the molecule is [2H]C(O)[C@@H]([2H])[C@H](O)[C@H](O)CO. The first kappa shape index (κ1) is 5.61. The monoisotopic (exact) mass is 138 g/mol. The van der Waals surface area contributed by atoms with E-state index in [4.69, 9.17) is 23.2 Å². The Morgan fingerprint density at radius 3 is 2.11 bits per heavy atom. The minimum absolute atomic E-state index is 0.691. The largest absolute Gasteiger partial charge is 0.396 e. The average Bonchev–Trinajstić information content (AvgIpc) is 2.00. The molecule has 0 aromatic rings. The summed E-state index contributed by atoms with van der Waals surface area (Å²) in [4.78, 5) is 0. The van der Waals surface area contributed by atoms with Crippen LogP contribution in [-0.4, -0.2) is 45.8 Å². The first-order valence-corrected chi connectivity index (χ1v) is 2.50. The summed E-state index contributed by atoms with van der Waals surface area (Å²) in [7, 11) is 0. The average molecular weight is 138 g/mol. The van der Waals surface area contributed by atoms with Crippen LogP contribution in [0.4, 0.5) is 0 Å². The lowest BCUT2D eigenvalue weighted by atomic mass is 10.1. The van der Waals surface area contributed by atoms with Gasteiger partial charge in [0, 0.05) is 7.95 Å². The van der Waals surface area contributed by atoms with Crippen molar-refractivity contribution in [3.05, 3.63) is 0 Å². The molecule has 0 bridgehead atoms. The van der Waals surface area contributed by atoms with Gasteiger partial charge in [0.2, 0.25) is 0 Å². The maximum absolute atomic E-state index is 8.88. The lowest BCUT2D eigenvalue weighted by Gasteiger charge is -2.12. The molecule has 0 amide bonds. The molecule has 4 N–H and O–H groups in total. The van der Waals surface area contributed by atoms with Gasteiger partial charge in [0.1, 0.15) is 6.10 Å². The van der Waals surface area contributed by atoms with Crippen molar-refractivity contribution >= 4 is 0 Å². The third-order valence-electron chi connectivity index (χ3n) is 0.865. The number of rotatable bonds is 4. The molecule has 0 aromatic carbocycles. The molecule has 0 heterocycles. The van der Waals surface area contributed by atoms with Gasteiger partial charge in [0.15, 0.2) is 0 Å². The first-order chi connectivity index (χ1) is 5.00. The third kappa shape index (κ3) is 3.42. The van der Waals surface area contributed by atoms with Crippen molar-refractivity contribution in [2.24, 2.45) is 0 Å². The Labute approximate surface area is 56.2 Å². The summed E-state index contributed by atoms with van der Waals surface area (Å²) >= 11 is 0. The minimum Gasteiger partial charge on any atom is -0.396 e. The van der Waals surface area contributed by atoms with Gasteiger partial charge >= 0.3 is 0 Å². The molecule has 0 radical (unpaired) electrons. The Hall–Kier alpha value is -0.160. The lowest BCUT2D eigenvalue weighted by Crippen LogP contribution is -2.29. The van der Waals surface area contributed by atoms with E-state index in [0.29, 0.717) is 0 Å². The van der Waals surface area contributed by atoms with Crippen LogP contribution >= 0.6 is 0 Å². The van der Waals surface area contributed by atoms with E-state index in [-0.39, 0.29) is 0 Å². The fourth-order valence-electron chi connectivity index (χ4n) is 0.324. The van der Waals surface area contributed by atoms with Crippen molar-refractivity contribution in [1.82, 2.24) is 0 Å². The molecular formula is C5H12O4. The van der Waals surface area contributed by atoms with Gasteiger partial charge in [-0.1, -0.05) is 0 Å². The van der Waals surface area contributed by atoms with Gasteiger partial charge in [-0.25, -0.2) is 0 Å². The van der Waals surface area contributed by atoms with E-state index in [0.717, 1.165) is 0 Å². The normalized spacial score (nSPS) is 27.6. The van der Waals surface area contributed by atoms with Gasteiger partial charge in [-0.3, -0.25) is 0 Å². The van der Waals surface area contributed by atoms with Crippen molar-refractivity contribution in [1.29, 1.82) is 0 Å². The molecule has 0 aliphatic rings. The summed E-state index contributed by atoms with van der Waals surface area (Å²) in [5.41, 5.74) is 0. The molecular weight excluding hydrogens is 124 g/mol. The molecule has 4 nitrogen and oxygen atoms in total. The molecule has 0 aromatic heterocycles. The lowest BCUT2D eigenvalue weighted by molar-refractivity contribution is -0.0238. The standard InChI is InChI=1S/C5H12O4/c6-2-1-4(8)5(9)3-7/h4-9H,1-3H2/t4-,5+/m0/s1/i1D,2D/t1-,2?,4+,5-/m1. The predicted molar refractivity (Wildman–Crippen MR) is 30.8 cm³/mol. The summed E-state index contributed by atoms with van der Waals surface area (Å²) in [6.45, 7) is -2.46. The van der Waals surface area contributed by atoms with Gasteiger partial charge in [-0.2, -0.15) is 0 Å². The Morgan fingerprint density at radius 2 is 1.78 bits per heavy atom. The summed E-state index contributed by atoms with van der Waals surface area (Å²) in [6, 6.07) is 0. The van der Waals surface area contributed by atoms with E-state index >= 15 is 0 Å². The first-order valence-electron chi connectivity index (χ1n) is 3.65. The van der Waals surface area contributed by atoms with E-state index in [2.05, 4.69) is 0 Å². The zero-order valence-corrected chi connectivity index (χ0v) is 4.81. The fourth-order valence-corrected chi connectivity index (χ4v) is 0.324. The minimum atomic E-state index is -1.77. The van der Waals surface area contributed by atoms with Crippen LogP contribution in [-0.2, 0) is 0 Å². The molecule has 0 saturated heterocycles. The third-order valence-corrected chi connectivity index (χ3v) is 0.865. The zero-order valence-electron chi connectivity index (χ0n) is 6.81. The topological polar surface area (TPSA) is 80.9 Å². The molecule has 4 heteroatoms. The van der Waals surface area contributed by atoms with Crippen LogP contribution in [0, 0.1) is 0 Å². The van der Waals surface area contributed by atoms with Gasteiger partial charge in [-0.15, -0.1) is 0 Å². The molecule has 0 aliphatic heterocycles. The summed E-state index contributed by atoms with van der Waals surface area (Å²) < 4.78 is 13.5. The molecule has 0 fully saturated rings. The van der Waals surface area contributed by atoms with Gasteiger partial charge < -0.3 is 20.4 Å². The van der Waals surface area contributed by atoms with E-state index in [9.17, 15) is 0 Å². The van der Waals surface area contributed by atoms with Crippen LogP contribution in [0.5, 0.6) is 0 Å². The van der Waals surface area contributed by atoms with Crippen LogP contribution < -0.4 is 0 Å². The summed E-state index contributed by atoms with van der Waals surface area (Å²) in [5.74, 6) is 0. The maximum atomic E-state index is 8.88. The van der Waals surface area contributed by atoms with E-state index in [1.807, 2.05) is 0 Å². The quantitative estimate of drug-likeness (QED) is 0.365. The molecule has 0 spiro atoms. The second-order valence-electron chi connectivity index (χ2n) is 1.58. The predicted octanol–water partition coefficient (Wildman–Crippen LogP) is -1.92. The fraction of sp³-hybridized carbons (Fsp3) is 1.00. The molecule has 4 atom stereocenters. The Kier molecular flexibility index (Phi) is 2.93. The highest BCUT2D eigenvalue weighted by atomic mass is 16.4. The Bertz CT molecular complexity index is 111. The van der Waals surface area contributed by atoms with Crippen molar-refractivity contribution in [2.75, 3.05) is 13.2 Å². The van der Waals surface area contributed by atoms with Crippen molar-refractivity contribution in [3.8, 4) is 0 Å². The zero-order chi connectivity index (χ0) is 9.02. The number of hydrogen-bond acceptors (Lipinski definition) is 4. The van der Waals surface area contributed by atoms with Crippen molar-refractivity contribution in [2.45, 2.75) is 18.6 Å². The van der Waals surface area contributed by atoms with E-state index < -0.39 is 31.8 Å². The summed E-state index contributed by atoms with van der Waals surface area (Å²) in [6.07, 6.45) is -4.58. The van der Waals surface area contributed by atoms with Gasteiger partial charge in [0.25, 0.3) is 0 Å². The molecule has 1 unspecified atom stereocenters. The van der Waals surface area contributed by atoms with Crippen LogP contribution in [0.15, 0.2) is 0 Å². The molecule has 0 saturated carbocycles. The maximum Gasteiger partial charge on any atom is 0.103 e. The Balaban J connectivity index is 3.90. The number of aliphatic hydroxyl groups is 4. The highest BCUT2D eigenvalue weighted by molar-refractivity contribution is 4.64. The smallest absolute Gasteiger partial charge is 0.103 e. The van der Waals surface area contributed by atoms with Crippen LogP contribution in [0.25, 0.3) is 0 Å². The number of aliphatic hydroxyl groups excluding tert-OH is 4. The second-order valence-corrected chi connectivity index (χ2v) is 1.58. The van der Waals surface area contributed by atoms with E-state index in [1.54, 1.807) is 0 Å². The summed E-state index contributed by atoms with van der Waals surface area (Å²) in [5, 5.41) is 34.4.